The molecule has 0 aliphatic carbocycles. The normalized spacial score (nSPS) is 10.8. The second kappa shape index (κ2) is 6.79. The van der Waals surface area contributed by atoms with Gasteiger partial charge in [0.25, 0.3) is 0 Å². The van der Waals surface area contributed by atoms with E-state index in [2.05, 4.69) is 34.4 Å². The number of rotatable bonds is 7. The molecular weight excluding hydrogens is 254 g/mol. The smallest absolute Gasteiger partial charge is 0.155 e. The van der Waals surface area contributed by atoms with Crippen molar-refractivity contribution in [1.29, 1.82) is 0 Å². The fourth-order valence-electron chi connectivity index (χ4n) is 1.74. The van der Waals surface area contributed by atoms with Crippen molar-refractivity contribution in [3.8, 4) is 0 Å². The molecule has 0 bridgehead atoms. The number of furan rings is 1. The van der Waals surface area contributed by atoms with E-state index in [4.69, 9.17) is 10.2 Å². The average Bonchev–Trinajstić information content (AvgIpc) is 2.92. The van der Waals surface area contributed by atoms with Crippen molar-refractivity contribution in [3.63, 3.8) is 0 Å². The lowest BCUT2D eigenvalue weighted by molar-refractivity contribution is 0.518. The maximum Gasteiger partial charge on any atom is 0.155 e. The molecule has 0 unspecified atom stereocenters. The molecule has 0 aromatic carbocycles. The van der Waals surface area contributed by atoms with Gasteiger partial charge in [-0.3, -0.25) is 0 Å². The van der Waals surface area contributed by atoms with Crippen LogP contribution in [0.2, 0.25) is 0 Å². The number of nitrogens with zero attached hydrogens (tertiary/aromatic N) is 2. The van der Waals surface area contributed by atoms with Crippen LogP contribution in [0.25, 0.3) is 0 Å². The maximum atomic E-state index is 6.06. The van der Waals surface area contributed by atoms with Crippen molar-refractivity contribution in [2.45, 2.75) is 26.8 Å². The number of nitrogens with two attached hydrogens (primary N) is 1. The second-order valence-corrected chi connectivity index (χ2v) is 5.03. The predicted molar refractivity (Wildman–Crippen MR) is 80.4 cm³/mol. The Hall–Kier alpha value is -2.24. The van der Waals surface area contributed by atoms with E-state index >= 15 is 0 Å². The van der Waals surface area contributed by atoms with Gasteiger partial charge in [-0.05, 0) is 24.5 Å². The molecule has 20 heavy (non-hydrogen) atoms. The molecule has 0 fully saturated rings. The summed E-state index contributed by atoms with van der Waals surface area (Å²) in [6.07, 6.45) is 4.20. The summed E-state index contributed by atoms with van der Waals surface area (Å²) >= 11 is 0. The summed E-state index contributed by atoms with van der Waals surface area (Å²) in [5, 5.41) is 6.38. The molecule has 0 amide bonds. The Labute approximate surface area is 118 Å². The number of hydrogen-bond donors (Lipinski definition) is 3. The number of nitrogens with one attached hydrogen (secondary N) is 2. The fourth-order valence-corrected chi connectivity index (χ4v) is 1.74. The molecule has 2 aromatic rings. The van der Waals surface area contributed by atoms with E-state index in [9.17, 15) is 0 Å². The summed E-state index contributed by atoms with van der Waals surface area (Å²) in [5.74, 6) is 2.76. The lowest BCUT2D eigenvalue weighted by Crippen LogP contribution is -2.11. The Morgan fingerprint density at radius 2 is 2.00 bits per heavy atom. The van der Waals surface area contributed by atoms with E-state index in [0.717, 1.165) is 18.7 Å². The van der Waals surface area contributed by atoms with Gasteiger partial charge >= 0.3 is 0 Å². The van der Waals surface area contributed by atoms with Crippen LogP contribution in [0.4, 0.5) is 17.3 Å². The molecule has 4 N–H and O–H groups in total. The number of aromatic nitrogens is 2. The highest BCUT2D eigenvalue weighted by atomic mass is 16.3. The molecule has 0 atom stereocenters. The van der Waals surface area contributed by atoms with Crippen molar-refractivity contribution < 1.29 is 4.42 Å². The highest BCUT2D eigenvalue weighted by molar-refractivity contribution is 5.73. The van der Waals surface area contributed by atoms with Crippen LogP contribution in [0.1, 0.15) is 26.0 Å². The lowest BCUT2D eigenvalue weighted by Gasteiger charge is -2.12. The quantitative estimate of drug-likeness (QED) is 0.720. The minimum Gasteiger partial charge on any atom is -0.467 e. The SMILES string of the molecule is CC(C)CCNc1ncnc(NCc2ccco2)c1N. The third-order valence-electron chi connectivity index (χ3n) is 2.91. The molecule has 2 aromatic heterocycles. The molecule has 0 saturated carbocycles. The lowest BCUT2D eigenvalue weighted by atomic mass is 10.1. The van der Waals surface area contributed by atoms with Gasteiger partial charge in [0, 0.05) is 6.54 Å². The van der Waals surface area contributed by atoms with E-state index in [-0.39, 0.29) is 0 Å². The minimum atomic E-state index is 0.530. The van der Waals surface area contributed by atoms with Crippen LogP contribution >= 0.6 is 0 Å². The zero-order valence-corrected chi connectivity index (χ0v) is 11.9. The van der Waals surface area contributed by atoms with Gasteiger partial charge in [-0.25, -0.2) is 9.97 Å². The monoisotopic (exact) mass is 275 g/mol. The Kier molecular flexibility index (Phi) is 4.81. The van der Waals surface area contributed by atoms with Crippen LogP contribution in [-0.4, -0.2) is 16.5 Å². The highest BCUT2D eigenvalue weighted by Gasteiger charge is 2.08. The molecular formula is C14H21N5O. The molecule has 2 rings (SSSR count). The summed E-state index contributed by atoms with van der Waals surface area (Å²) in [6.45, 7) is 5.75. The molecule has 0 aliphatic heterocycles. The fraction of sp³-hybridized carbons (Fsp3) is 0.429. The van der Waals surface area contributed by atoms with Crippen molar-refractivity contribution in [2.24, 2.45) is 5.92 Å². The van der Waals surface area contributed by atoms with E-state index in [0.29, 0.717) is 29.8 Å². The van der Waals surface area contributed by atoms with Gasteiger partial charge in [0.1, 0.15) is 17.8 Å². The molecule has 6 nitrogen and oxygen atoms in total. The topological polar surface area (TPSA) is 89.0 Å². The largest absolute Gasteiger partial charge is 0.467 e. The Morgan fingerprint density at radius 1 is 1.25 bits per heavy atom. The van der Waals surface area contributed by atoms with E-state index < -0.39 is 0 Å². The zero-order valence-electron chi connectivity index (χ0n) is 11.9. The van der Waals surface area contributed by atoms with Crippen LogP contribution in [-0.2, 0) is 6.54 Å². The van der Waals surface area contributed by atoms with Crippen LogP contribution < -0.4 is 16.4 Å². The molecule has 0 radical (unpaired) electrons. The zero-order chi connectivity index (χ0) is 14.4. The first-order valence-corrected chi connectivity index (χ1v) is 6.77. The van der Waals surface area contributed by atoms with Gasteiger partial charge in [-0.1, -0.05) is 13.8 Å². The van der Waals surface area contributed by atoms with Gasteiger partial charge in [-0.2, -0.15) is 0 Å². The van der Waals surface area contributed by atoms with E-state index in [1.54, 1.807) is 6.26 Å². The first kappa shape index (κ1) is 14.2. The third kappa shape index (κ3) is 3.88. The van der Waals surface area contributed by atoms with Crippen LogP contribution in [0, 0.1) is 5.92 Å². The van der Waals surface area contributed by atoms with Crippen LogP contribution in [0.15, 0.2) is 29.1 Å². The molecule has 0 aliphatic rings. The summed E-state index contributed by atoms with van der Waals surface area (Å²) in [5.41, 5.74) is 6.59. The van der Waals surface area contributed by atoms with Crippen molar-refractivity contribution in [2.75, 3.05) is 22.9 Å². The third-order valence-corrected chi connectivity index (χ3v) is 2.91. The Balaban J connectivity index is 1.95. The first-order valence-electron chi connectivity index (χ1n) is 6.77. The van der Waals surface area contributed by atoms with Gasteiger partial charge in [-0.15, -0.1) is 0 Å². The van der Waals surface area contributed by atoms with Gasteiger partial charge in [0.2, 0.25) is 0 Å². The van der Waals surface area contributed by atoms with Crippen LogP contribution in [0.5, 0.6) is 0 Å². The highest BCUT2D eigenvalue weighted by Crippen LogP contribution is 2.23. The Bertz CT molecular complexity index is 524. The summed E-state index contributed by atoms with van der Waals surface area (Å²) in [7, 11) is 0. The van der Waals surface area contributed by atoms with Gasteiger partial charge < -0.3 is 20.8 Å². The minimum absolute atomic E-state index is 0.530. The molecule has 108 valence electrons. The van der Waals surface area contributed by atoms with Crippen molar-refractivity contribution in [3.05, 3.63) is 30.5 Å². The van der Waals surface area contributed by atoms with E-state index in [1.807, 2.05) is 12.1 Å². The Morgan fingerprint density at radius 3 is 2.65 bits per heavy atom. The molecule has 6 heteroatoms. The van der Waals surface area contributed by atoms with E-state index in [1.165, 1.54) is 6.33 Å². The summed E-state index contributed by atoms with van der Waals surface area (Å²) in [6, 6.07) is 3.74. The summed E-state index contributed by atoms with van der Waals surface area (Å²) in [4.78, 5) is 8.32. The summed E-state index contributed by atoms with van der Waals surface area (Å²) < 4.78 is 5.25. The average molecular weight is 275 g/mol. The first-order chi connectivity index (χ1) is 9.66. The number of anilines is 3. The van der Waals surface area contributed by atoms with Crippen LogP contribution in [0.3, 0.4) is 0 Å². The standard InChI is InChI=1S/C14H21N5O/c1-10(2)5-6-16-13-12(15)14(19-9-18-13)17-8-11-4-3-7-20-11/h3-4,7,9-10H,5-6,8,15H2,1-2H3,(H2,16,17,18,19). The van der Waals surface area contributed by atoms with Gasteiger partial charge in [0.15, 0.2) is 11.6 Å². The number of nitrogen functional groups attached to an aromatic ring is 1. The number of hydrogen-bond acceptors (Lipinski definition) is 6. The predicted octanol–water partition coefficient (Wildman–Crippen LogP) is 2.72. The van der Waals surface area contributed by atoms with Crippen molar-refractivity contribution in [1.82, 2.24) is 9.97 Å². The van der Waals surface area contributed by atoms with Gasteiger partial charge in [0.05, 0.1) is 12.8 Å². The molecule has 0 spiro atoms. The maximum absolute atomic E-state index is 6.06. The van der Waals surface area contributed by atoms with Crippen molar-refractivity contribution >= 4 is 17.3 Å². The molecule has 0 saturated heterocycles. The molecule has 2 heterocycles. The second-order valence-electron chi connectivity index (χ2n) is 5.03.